The van der Waals surface area contributed by atoms with E-state index in [1.807, 2.05) is 167 Å². The van der Waals surface area contributed by atoms with Gasteiger partial charge in [-0.2, -0.15) is 0 Å². The average molecular weight is 1680 g/mol. The molecule has 8 aromatic heterocycles. The number of aromatic nitrogens is 8. The van der Waals surface area contributed by atoms with Crippen LogP contribution < -0.4 is 0 Å². The number of fused-ring (bicyclic) bond motifs is 18. The highest BCUT2D eigenvalue weighted by atomic mass is 32.1. The number of nitrogens with zero attached hydrogens (tertiary/aromatic N) is 8. The summed E-state index contributed by atoms with van der Waals surface area (Å²) in [6.07, 6.45) is 0. The second-order valence-electron chi connectivity index (χ2n) is 32.0. The first kappa shape index (κ1) is 73.2. The van der Waals surface area contributed by atoms with Crippen LogP contribution in [0, 0.1) is 0 Å². The highest BCUT2D eigenvalue weighted by molar-refractivity contribution is 7.28. The molecular weight excluding hydrogens is 1610 g/mol. The first-order valence-electron chi connectivity index (χ1n) is 42.2. The molecule has 588 valence electrons. The number of para-hydroxylation sites is 2. The Morgan fingerprint density at radius 2 is 0.397 bits per heavy atom. The van der Waals surface area contributed by atoms with Gasteiger partial charge in [-0.05, 0) is 172 Å². The smallest absolute Gasteiger partial charge is 0.164 e. The molecule has 8 nitrogen and oxygen atoms in total. The molecule has 0 bridgehead atoms. The zero-order valence-corrected chi connectivity index (χ0v) is 70.7. The standard InChI is InChI=1S/2C57H34N4S2/c1-3-13-35(14-4-1)55-58-56(36-15-5-2-6-16-36)60-57(59-55)41-19-11-17-37(29-41)38-18-12-20-42(30-38)61-49-23-9-7-21-43(49)45-31-39(25-27-50(45)61)40-26-28-52-46(32-40)48-34-53-47(33-54(48)63-52)44-22-8-10-24-51(44)62-53;1-3-11-37(12-4-1)55-58-56(38-13-5-2-6-14-38)60-57(59-55)39-21-19-35(20-22-39)36-23-27-42(28-24-36)61-49-17-9-7-15-43(49)45-31-40(25-29-50(45)61)41-26-30-52-46(32-41)48-34-53-47(33-54(48)63-52)44-16-8-10-18-51(44)62-53/h2*1-34H. The van der Waals surface area contributed by atoms with Gasteiger partial charge < -0.3 is 9.13 Å². The first-order chi connectivity index (χ1) is 62.4. The molecule has 12 heteroatoms. The van der Waals surface area contributed by atoms with E-state index in [0.29, 0.717) is 34.9 Å². The average Bonchev–Trinajstić information content (AvgIpc) is 1.59. The minimum Gasteiger partial charge on any atom is -0.309 e. The Balaban J connectivity index is 0.000000137. The Kier molecular flexibility index (Phi) is 17.6. The fourth-order valence-corrected chi connectivity index (χ4v) is 22.8. The van der Waals surface area contributed by atoms with Crippen LogP contribution in [0.5, 0.6) is 0 Å². The molecule has 0 radical (unpaired) electrons. The summed E-state index contributed by atoms with van der Waals surface area (Å²) in [4.78, 5) is 29.6. The molecule has 26 aromatic rings. The third-order valence-corrected chi connectivity index (χ3v) is 29.0. The Morgan fingerprint density at radius 1 is 0.135 bits per heavy atom. The summed E-state index contributed by atoms with van der Waals surface area (Å²) >= 11 is 7.55. The molecule has 0 spiro atoms. The maximum Gasteiger partial charge on any atom is 0.164 e. The van der Waals surface area contributed by atoms with Gasteiger partial charge in [-0.15, -0.1) is 45.3 Å². The molecule has 0 aliphatic carbocycles. The molecule has 0 N–H and O–H groups in total. The van der Waals surface area contributed by atoms with Gasteiger partial charge in [-0.25, -0.2) is 29.9 Å². The molecule has 26 rings (SSSR count). The second kappa shape index (κ2) is 30.2. The molecule has 0 unspecified atom stereocenters. The summed E-state index contributed by atoms with van der Waals surface area (Å²) in [5.41, 5.74) is 22.0. The van der Waals surface area contributed by atoms with Crippen LogP contribution in [0.3, 0.4) is 0 Å². The van der Waals surface area contributed by atoms with Gasteiger partial charge in [0.15, 0.2) is 34.9 Å². The predicted molar refractivity (Wildman–Crippen MR) is 534 cm³/mol. The minimum absolute atomic E-state index is 0.638. The molecule has 0 atom stereocenters. The Hall–Kier alpha value is -15.5. The lowest BCUT2D eigenvalue weighted by molar-refractivity contribution is 1.07. The zero-order valence-electron chi connectivity index (χ0n) is 67.5. The molecule has 0 aliphatic rings. The summed E-state index contributed by atoms with van der Waals surface area (Å²) in [7, 11) is 0. The number of rotatable bonds is 12. The fraction of sp³-hybridized carbons (Fsp3) is 0. The highest BCUT2D eigenvalue weighted by Crippen LogP contribution is 2.48. The van der Waals surface area contributed by atoms with Gasteiger partial charge in [0, 0.05) is 147 Å². The summed E-state index contributed by atoms with van der Waals surface area (Å²) in [5.74, 6) is 3.89. The van der Waals surface area contributed by atoms with Crippen molar-refractivity contribution < 1.29 is 0 Å². The van der Waals surface area contributed by atoms with Gasteiger partial charge in [-0.1, -0.05) is 285 Å². The van der Waals surface area contributed by atoms with Crippen molar-refractivity contribution in [3.8, 4) is 124 Å². The van der Waals surface area contributed by atoms with E-state index >= 15 is 0 Å². The lowest BCUT2D eigenvalue weighted by Gasteiger charge is -2.12. The van der Waals surface area contributed by atoms with Crippen LogP contribution in [0.25, 0.3) is 249 Å². The normalized spacial score (nSPS) is 11.8. The number of hydrogen-bond acceptors (Lipinski definition) is 10. The van der Waals surface area contributed by atoms with Crippen LogP contribution in [0.15, 0.2) is 413 Å². The first-order valence-corrected chi connectivity index (χ1v) is 45.4. The van der Waals surface area contributed by atoms with E-state index in [0.717, 1.165) is 67.0 Å². The monoisotopic (exact) mass is 1680 g/mol. The second-order valence-corrected chi connectivity index (χ2v) is 36.3. The van der Waals surface area contributed by atoms with Crippen LogP contribution in [-0.2, 0) is 0 Å². The Bertz CT molecular complexity index is 8720. The van der Waals surface area contributed by atoms with Crippen molar-refractivity contribution in [3.05, 3.63) is 413 Å². The van der Waals surface area contributed by atoms with Gasteiger partial charge in [0.2, 0.25) is 0 Å². The third kappa shape index (κ3) is 12.8. The summed E-state index contributed by atoms with van der Waals surface area (Å²) in [6.45, 7) is 0. The topological polar surface area (TPSA) is 87.2 Å². The summed E-state index contributed by atoms with van der Waals surface area (Å²) < 4.78 is 15.5. The van der Waals surface area contributed by atoms with Gasteiger partial charge in [0.05, 0.1) is 22.1 Å². The summed E-state index contributed by atoms with van der Waals surface area (Å²) in [6, 6.07) is 148. The molecule has 0 saturated carbocycles. The van der Waals surface area contributed by atoms with E-state index < -0.39 is 0 Å². The molecule has 0 amide bonds. The Labute approximate surface area is 739 Å². The molecule has 8 heterocycles. The SMILES string of the molecule is c1ccc(-c2nc(-c3ccccc3)nc(-c3ccc(-c4ccc(-n5c6ccccc6c6cc(-c7ccc8sc9cc%10c(cc9c8c7)sc7ccccc7%10)ccc65)cc4)cc3)n2)cc1.c1ccc(-c2nc(-c3ccccc3)nc(-c3cccc(-c4cccc(-n5c6ccccc6c6cc(-c7ccc8sc9cc%10c(cc9c8c7)sc7ccccc7%10)ccc65)c4)c3)n2)cc1. The molecule has 0 saturated heterocycles. The largest absolute Gasteiger partial charge is 0.309 e. The van der Waals surface area contributed by atoms with Crippen molar-refractivity contribution >= 4 is 170 Å². The van der Waals surface area contributed by atoms with Crippen LogP contribution in [0.1, 0.15) is 0 Å². The van der Waals surface area contributed by atoms with Crippen LogP contribution in [0.2, 0.25) is 0 Å². The highest BCUT2D eigenvalue weighted by Gasteiger charge is 2.22. The van der Waals surface area contributed by atoms with Gasteiger partial charge in [0.1, 0.15) is 0 Å². The van der Waals surface area contributed by atoms with Gasteiger partial charge in [0.25, 0.3) is 0 Å². The van der Waals surface area contributed by atoms with E-state index in [1.54, 1.807) is 0 Å². The molecule has 18 aromatic carbocycles. The van der Waals surface area contributed by atoms with E-state index in [1.165, 1.54) is 147 Å². The van der Waals surface area contributed by atoms with Crippen molar-refractivity contribution in [3.63, 3.8) is 0 Å². The van der Waals surface area contributed by atoms with Crippen LogP contribution >= 0.6 is 45.3 Å². The fourth-order valence-electron chi connectivity index (χ4n) is 18.4. The van der Waals surface area contributed by atoms with Crippen molar-refractivity contribution in [2.24, 2.45) is 0 Å². The van der Waals surface area contributed by atoms with Gasteiger partial charge in [-0.3, -0.25) is 0 Å². The third-order valence-electron chi connectivity index (χ3n) is 24.5. The molecule has 0 fully saturated rings. The molecule has 0 aliphatic heterocycles. The molecular formula is C114H68N8S4. The summed E-state index contributed by atoms with van der Waals surface area (Å²) in [5, 5.41) is 15.7. The number of thiophene rings is 4. The zero-order chi connectivity index (χ0) is 82.9. The maximum atomic E-state index is 5.01. The van der Waals surface area contributed by atoms with Crippen LogP contribution in [0.4, 0.5) is 0 Å². The van der Waals surface area contributed by atoms with Crippen molar-refractivity contribution in [1.29, 1.82) is 0 Å². The predicted octanol–water partition coefficient (Wildman–Crippen LogP) is 32.1. The van der Waals surface area contributed by atoms with E-state index in [-0.39, 0.29) is 0 Å². The van der Waals surface area contributed by atoms with Crippen LogP contribution in [-0.4, -0.2) is 39.0 Å². The van der Waals surface area contributed by atoms with Crippen molar-refractivity contribution in [1.82, 2.24) is 39.0 Å². The van der Waals surface area contributed by atoms with E-state index in [4.69, 9.17) is 29.9 Å². The van der Waals surface area contributed by atoms with Crippen molar-refractivity contribution in [2.45, 2.75) is 0 Å². The lowest BCUT2D eigenvalue weighted by atomic mass is 10.0. The molecule has 126 heavy (non-hydrogen) atoms. The lowest BCUT2D eigenvalue weighted by Crippen LogP contribution is -2.00. The quantitative estimate of drug-likeness (QED) is 0.121. The van der Waals surface area contributed by atoms with Crippen molar-refractivity contribution in [2.75, 3.05) is 0 Å². The minimum atomic E-state index is 0.638. The maximum absolute atomic E-state index is 5.01. The number of benzene rings is 18. The van der Waals surface area contributed by atoms with E-state index in [9.17, 15) is 0 Å². The number of hydrogen-bond donors (Lipinski definition) is 0. The Morgan fingerprint density at radius 3 is 0.825 bits per heavy atom. The van der Waals surface area contributed by atoms with E-state index in [2.05, 4.69) is 300 Å². The van der Waals surface area contributed by atoms with Gasteiger partial charge >= 0.3 is 0 Å².